The Balaban J connectivity index is 1.71. The minimum Gasteiger partial charge on any atom is -0.345 e. The fraction of sp³-hybridized carbons (Fsp3) is 0.320. The summed E-state index contributed by atoms with van der Waals surface area (Å²) in [6, 6.07) is 18.4. The highest BCUT2D eigenvalue weighted by molar-refractivity contribution is 5.92. The number of aryl methyl sites for hydroxylation is 1. The highest BCUT2D eigenvalue weighted by Crippen LogP contribution is 2.15. The van der Waals surface area contributed by atoms with Gasteiger partial charge in [-0.1, -0.05) is 48.5 Å². The molecule has 6 heteroatoms. The van der Waals surface area contributed by atoms with Crippen molar-refractivity contribution in [3.05, 3.63) is 78.0 Å². The van der Waals surface area contributed by atoms with E-state index in [1.165, 1.54) is 0 Å². The number of rotatable bonds is 11. The summed E-state index contributed by atoms with van der Waals surface area (Å²) in [7, 11) is 0. The molecule has 0 spiro atoms. The Hall–Kier alpha value is -3.09. The van der Waals surface area contributed by atoms with E-state index in [9.17, 15) is 9.59 Å². The van der Waals surface area contributed by atoms with Crippen molar-refractivity contribution in [2.75, 3.05) is 6.54 Å². The average molecular weight is 419 g/mol. The van der Waals surface area contributed by atoms with E-state index in [1.54, 1.807) is 6.20 Å². The minimum absolute atomic E-state index is 0.0487. The number of fused-ring (bicyclic) bond motifs is 1. The van der Waals surface area contributed by atoms with E-state index < -0.39 is 12.1 Å². The third kappa shape index (κ3) is 6.70. The molecule has 2 atom stereocenters. The number of aromatic nitrogens is 1. The van der Waals surface area contributed by atoms with E-state index in [1.807, 2.05) is 60.7 Å². The Morgan fingerprint density at radius 2 is 1.71 bits per heavy atom. The molecule has 0 fully saturated rings. The van der Waals surface area contributed by atoms with E-state index in [2.05, 4.69) is 10.3 Å². The Morgan fingerprint density at radius 3 is 2.48 bits per heavy atom. The van der Waals surface area contributed by atoms with Crippen molar-refractivity contribution in [3.63, 3.8) is 0 Å². The number of carbonyl (C=O) groups is 2. The van der Waals surface area contributed by atoms with Gasteiger partial charge in [0.05, 0.1) is 17.6 Å². The SMILES string of the molecule is NCCC[C@H](N)C(=O)N[C@H](CCc1ccccc1)C(=O)Cc1cnc2ccccc2c1. The molecule has 1 aromatic heterocycles. The highest BCUT2D eigenvalue weighted by atomic mass is 16.2. The second kappa shape index (κ2) is 11.3. The Labute approximate surface area is 183 Å². The Bertz CT molecular complexity index is 1010. The number of carbonyl (C=O) groups excluding carboxylic acids is 2. The van der Waals surface area contributed by atoms with Crippen LogP contribution in [0.15, 0.2) is 66.9 Å². The number of nitrogens with one attached hydrogen (secondary N) is 1. The van der Waals surface area contributed by atoms with Gasteiger partial charge in [-0.15, -0.1) is 0 Å². The van der Waals surface area contributed by atoms with Crippen LogP contribution >= 0.6 is 0 Å². The van der Waals surface area contributed by atoms with Crippen LogP contribution in [-0.4, -0.2) is 35.3 Å². The van der Waals surface area contributed by atoms with E-state index >= 15 is 0 Å². The van der Waals surface area contributed by atoms with Crippen LogP contribution in [0.4, 0.5) is 0 Å². The van der Waals surface area contributed by atoms with Crippen molar-refractivity contribution in [2.45, 2.75) is 44.2 Å². The zero-order chi connectivity index (χ0) is 22.1. The van der Waals surface area contributed by atoms with Crippen LogP contribution in [0.3, 0.4) is 0 Å². The maximum atomic E-state index is 13.1. The monoisotopic (exact) mass is 418 g/mol. The number of nitrogens with zero attached hydrogens (tertiary/aromatic N) is 1. The lowest BCUT2D eigenvalue weighted by Crippen LogP contribution is -2.49. The molecule has 5 N–H and O–H groups in total. The molecule has 1 heterocycles. The van der Waals surface area contributed by atoms with Gasteiger partial charge in [0.1, 0.15) is 0 Å². The van der Waals surface area contributed by atoms with Gasteiger partial charge in [-0.05, 0) is 55.5 Å². The molecule has 2 aromatic carbocycles. The predicted molar refractivity (Wildman–Crippen MR) is 123 cm³/mol. The molecule has 31 heavy (non-hydrogen) atoms. The van der Waals surface area contributed by atoms with Crippen LogP contribution in [0.5, 0.6) is 0 Å². The van der Waals surface area contributed by atoms with Gasteiger partial charge in [0.15, 0.2) is 5.78 Å². The first-order valence-corrected chi connectivity index (χ1v) is 10.7. The zero-order valence-electron chi connectivity index (χ0n) is 17.7. The van der Waals surface area contributed by atoms with E-state index in [0.717, 1.165) is 22.0 Å². The Morgan fingerprint density at radius 1 is 0.968 bits per heavy atom. The van der Waals surface area contributed by atoms with Crippen LogP contribution in [0.2, 0.25) is 0 Å². The molecule has 0 saturated carbocycles. The van der Waals surface area contributed by atoms with Crippen molar-refractivity contribution in [1.82, 2.24) is 10.3 Å². The standard InChI is InChI=1S/C25H30N4O2/c26-14-6-10-21(27)25(31)29-23(13-12-18-7-2-1-3-8-18)24(30)16-19-15-20-9-4-5-11-22(20)28-17-19/h1-5,7-9,11,15,17,21,23H,6,10,12-14,16,26-27H2,(H,29,31)/t21-,23+/m0/s1. The summed E-state index contributed by atoms with van der Waals surface area (Å²) in [6.45, 7) is 0.478. The van der Waals surface area contributed by atoms with Crippen molar-refractivity contribution >= 4 is 22.6 Å². The number of ketones is 1. The molecule has 6 nitrogen and oxygen atoms in total. The van der Waals surface area contributed by atoms with Gasteiger partial charge in [0.25, 0.3) is 0 Å². The second-order valence-corrected chi connectivity index (χ2v) is 7.80. The van der Waals surface area contributed by atoms with E-state index in [-0.39, 0.29) is 18.1 Å². The fourth-order valence-corrected chi connectivity index (χ4v) is 3.55. The summed E-state index contributed by atoms with van der Waals surface area (Å²) >= 11 is 0. The smallest absolute Gasteiger partial charge is 0.237 e. The Kier molecular flexibility index (Phi) is 8.27. The topological polar surface area (TPSA) is 111 Å². The van der Waals surface area contributed by atoms with Crippen LogP contribution in [0, 0.1) is 0 Å². The van der Waals surface area contributed by atoms with Crippen LogP contribution in [-0.2, 0) is 22.4 Å². The van der Waals surface area contributed by atoms with Gasteiger partial charge in [-0.2, -0.15) is 0 Å². The third-order valence-electron chi connectivity index (χ3n) is 5.35. The number of nitrogens with two attached hydrogens (primary N) is 2. The molecule has 0 saturated heterocycles. The molecule has 0 aliphatic heterocycles. The lowest BCUT2D eigenvalue weighted by Gasteiger charge is -2.20. The van der Waals surface area contributed by atoms with Gasteiger partial charge in [0, 0.05) is 18.0 Å². The van der Waals surface area contributed by atoms with Crippen LogP contribution in [0.25, 0.3) is 10.9 Å². The molecule has 0 radical (unpaired) electrons. The van der Waals surface area contributed by atoms with Gasteiger partial charge >= 0.3 is 0 Å². The minimum atomic E-state index is -0.669. The molecule has 1 amide bonds. The maximum absolute atomic E-state index is 13.1. The van der Waals surface area contributed by atoms with Gasteiger partial charge in [-0.25, -0.2) is 0 Å². The lowest BCUT2D eigenvalue weighted by molar-refractivity contribution is -0.128. The average Bonchev–Trinajstić information content (AvgIpc) is 2.80. The summed E-state index contributed by atoms with van der Waals surface area (Å²) in [5.74, 6) is -0.358. The first kappa shape index (κ1) is 22.6. The molecule has 0 aliphatic rings. The molecule has 162 valence electrons. The summed E-state index contributed by atoms with van der Waals surface area (Å²) in [5, 5.41) is 3.87. The molecule has 0 unspecified atom stereocenters. The summed E-state index contributed by atoms with van der Waals surface area (Å²) in [4.78, 5) is 30.1. The van der Waals surface area contributed by atoms with Gasteiger partial charge in [-0.3, -0.25) is 14.6 Å². The number of hydrogen-bond donors (Lipinski definition) is 3. The number of hydrogen-bond acceptors (Lipinski definition) is 5. The molecule has 3 rings (SSSR count). The quantitative estimate of drug-likeness (QED) is 0.443. The fourth-order valence-electron chi connectivity index (χ4n) is 3.55. The summed E-state index contributed by atoms with van der Waals surface area (Å²) in [5.41, 5.74) is 14.3. The van der Waals surface area contributed by atoms with E-state index in [4.69, 9.17) is 11.5 Å². The predicted octanol–water partition coefficient (Wildman–Crippen LogP) is 2.53. The van der Waals surface area contributed by atoms with Crippen molar-refractivity contribution in [3.8, 4) is 0 Å². The summed E-state index contributed by atoms with van der Waals surface area (Å²) < 4.78 is 0. The first-order chi connectivity index (χ1) is 15.1. The first-order valence-electron chi connectivity index (χ1n) is 10.7. The third-order valence-corrected chi connectivity index (χ3v) is 5.35. The number of benzene rings is 2. The maximum Gasteiger partial charge on any atom is 0.237 e. The van der Waals surface area contributed by atoms with Crippen LogP contribution < -0.4 is 16.8 Å². The highest BCUT2D eigenvalue weighted by Gasteiger charge is 2.23. The van der Waals surface area contributed by atoms with Crippen LogP contribution in [0.1, 0.15) is 30.4 Å². The second-order valence-electron chi connectivity index (χ2n) is 7.80. The van der Waals surface area contributed by atoms with Gasteiger partial charge in [0.2, 0.25) is 5.91 Å². The van der Waals surface area contributed by atoms with E-state index in [0.29, 0.717) is 32.2 Å². The molecular weight excluding hydrogens is 388 g/mol. The number of Topliss-reactive ketones (excluding diaryl/α,β-unsaturated/α-hetero) is 1. The normalized spacial score (nSPS) is 13.0. The molecular formula is C25H30N4O2. The number of para-hydroxylation sites is 1. The number of pyridine rings is 1. The number of amides is 1. The molecule has 0 aliphatic carbocycles. The van der Waals surface area contributed by atoms with Crippen molar-refractivity contribution in [1.29, 1.82) is 0 Å². The molecule has 0 bridgehead atoms. The summed E-state index contributed by atoms with van der Waals surface area (Å²) in [6.07, 6.45) is 4.29. The van der Waals surface area contributed by atoms with Crippen molar-refractivity contribution < 1.29 is 9.59 Å². The largest absolute Gasteiger partial charge is 0.345 e. The lowest BCUT2D eigenvalue weighted by atomic mass is 9.97. The van der Waals surface area contributed by atoms with Gasteiger partial charge < -0.3 is 16.8 Å². The van der Waals surface area contributed by atoms with Crippen molar-refractivity contribution in [2.24, 2.45) is 11.5 Å². The molecule has 3 aromatic rings. The zero-order valence-corrected chi connectivity index (χ0v) is 17.7.